The van der Waals surface area contributed by atoms with Crippen LogP contribution in [0.2, 0.25) is 0 Å². The first-order chi connectivity index (χ1) is 11.1. The summed E-state index contributed by atoms with van der Waals surface area (Å²) in [4.78, 5) is 14.8. The number of hydrogen-bond donors (Lipinski definition) is 2. The number of phenolic OH excluding ortho intramolecular Hbond substituents is 1. The highest BCUT2D eigenvalue weighted by molar-refractivity contribution is 5.86. The molecule has 1 aromatic carbocycles. The van der Waals surface area contributed by atoms with Gasteiger partial charge in [0.1, 0.15) is 11.5 Å². The minimum absolute atomic E-state index is 0.107. The Morgan fingerprint density at radius 1 is 1.43 bits per heavy atom. The van der Waals surface area contributed by atoms with Crippen LogP contribution in [0.4, 0.5) is 0 Å². The largest absolute Gasteiger partial charge is 0.507 e. The van der Waals surface area contributed by atoms with Crippen molar-refractivity contribution in [3.05, 3.63) is 58.9 Å². The Labute approximate surface area is 133 Å². The highest BCUT2D eigenvalue weighted by atomic mass is 16.5. The second kappa shape index (κ2) is 6.52. The first-order valence-corrected chi connectivity index (χ1v) is 7.45. The van der Waals surface area contributed by atoms with E-state index in [1.165, 1.54) is 6.08 Å². The zero-order valence-electron chi connectivity index (χ0n) is 12.5. The Hall–Kier alpha value is -2.82. The predicted molar refractivity (Wildman–Crippen MR) is 85.6 cm³/mol. The zero-order chi connectivity index (χ0) is 16.2. The van der Waals surface area contributed by atoms with Crippen LogP contribution in [0.15, 0.2) is 36.7 Å². The minimum atomic E-state index is -1.06. The second-order valence-electron chi connectivity index (χ2n) is 5.43. The number of rotatable bonds is 4. The maximum atomic E-state index is 10.7. The maximum Gasteiger partial charge on any atom is 0.328 e. The van der Waals surface area contributed by atoms with Crippen LogP contribution < -0.4 is 4.74 Å². The molecule has 2 aromatic rings. The van der Waals surface area contributed by atoms with Gasteiger partial charge in [-0.25, -0.2) is 4.79 Å². The Bertz CT molecular complexity index is 753. The fourth-order valence-electron chi connectivity index (χ4n) is 2.78. The number of ether oxygens (including phenoxy) is 1. The zero-order valence-corrected chi connectivity index (χ0v) is 12.5. The molecule has 2 heterocycles. The van der Waals surface area contributed by atoms with Crippen molar-refractivity contribution in [2.75, 3.05) is 6.61 Å². The van der Waals surface area contributed by atoms with E-state index in [2.05, 4.69) is 4.98 Å². The average Bonchev–Trinajstić information content (AvgIpc) is 2.57. The van der Waals surface area contributed by atoms with Crippen LogP contribution in [0, 0.1) is 0 Å². The van der Waals surface area contributed by atoms with Crippen molar-refractivity contribution in [1.82, 2.24) is 4.98 Å². The first-order valence-electron chi connectivity index (χ1n) is 7.45. The number of carboxylic acid groups (broad SMARTS) is 1. The minimum Gasteiger partial charge on any atom is -0.507 e. The second-order valence-corrected chi connectivity index (χ2v) is 5.43. The van der Waals surface area contributed by atoms with Gasteiger partial charge in [-0.05, 0) is 36.6 Å². The summed E-state index contributed by atoms with van der Waals surface area (Å²) in [7, 11) is 0. The smallest absolute Gasteiger partial charge is 0.328 e. The van der Waals surface area contributed by atoms with Gasteiger partial charge in [0.15, 0.2) is 0 Å². The summed E-state index contributed by atoms with van der Waals surface area (Å²) in [5.74, 6) is -0.231. The van der Waals surface area contributed by atoms with Crippen molar-refractivity contribution in [2.45, 2.75) is 19.3 Å². The van der Waals surface area contributed by atoms with E-state index in [1.54, 1.807) is 18.5 Å². The number of pyridine rings is 1. The van der Waals surface area contributed by atoms with Crippen LogP contribution in [-0.4, -0.2) is 27.8 Å². The Morgan fingerprint density at radius 3 is 3.04 bits per heavy atom. The van der Waals surface area contributed by atoms with Gasteiger partial charge in [0.2, 0.25) is 0 Å². The molecule has 23 heavy (non-hydrogen) atoms. The van der Waals surface area contributed by atoms with Gasteiger partial charge in [-0.3, -0.25) is 4.98 Å². The lowest BCUT2D eigenvalue weighted by atomic mass is 9.92. The molecule has 1 aromatic heterocycles. The fraction of sp³-hybridized carbons (Fsp3) is 0.222. The van der Waals surface area contributed by atoms with E-state index in [0.29, 0.717) is 18.6 Å². The lowest BCUT2D eigenvalue weighted by Crippen LogP contribution is -2.11. The molecule has 0 aliphatic carbocycles. The van der Waals surface area contributed by atoms with Gasteiger partial charge in [-0.1, -0.05) is 6.07 Å². The summed E-state index contributed by atoms with van der Waals surface area (Å²) in [5, 5.41) is 19.4. The summed E-state index contributed by atoms with van der Waals surface area (Å²) in [6, 6.07) is 5.50. The van der Waals surface area contributed by atoms with Gasteiger partial charge >= 0.3 is 5.97 Å². The highest BCUT2D eigenvalue weighted by Crippen LogP contribution is 2.38. The molecule has 118 valence electrons. The molecule has 0 atom stereocenters. The summed E-state index contributed by atoms with van der Waals surface area (Å²) in [6.07, 6.45) is 8.13. The molecule has 0 bridgehead atoms. The van der Waals surface area contributed by atoms with Crippen LogP contribution in [-0.2, 0) is 17.6 Å². The van der Waals surface area contributed by atoms with Gasteiger partial charge in [-0.15, -0.1) is 0 Å². The quantitative estimate of drug-likeness (QED) is 0.849. The molecule has 0 unspecified atom stereocenters. The van der Waals surface area contributed by atoms with Crippen molar-refractivity contribution in [2.24, 2.45) is 0 Å². The fourth-order valence-corrected chi connectivity index (χ4v) is 2.78. The van der Waals surface area contributed by atoms with Crippen molar-refractivity contribution in [3.63, 3.8) is 0 Å². The summed E-state index contributed by atoms with van der Waals surface area (Å²) >= 11 is 0. The topological polar surface area (TPSA) is 79.7 Å². The molecule has 2 N–H and O–H groups in total. The van der Waals surface area contributed by atoms with Crippen LogP contribution in [0.3, 0.4) is 0 Å². The molecule has 0 saturated heterocycles. The van der Waals surface area contributed by atoms with Gasteiger partial charge in [0.05, 0.1) is 6.61 Å². The number of aromatic nitrogens is 1. The van der Waals surface area contributed by atoms with Crippen molar-refractivity contribution >= 4 is 12.0 Å². The number of fused-ring (bicyclic) bond motifs is 1. The van der Waals surface area contributed by atoms with Gasteiger partial charge in [0, 0.05) is 41.6 Å². The molecule has 0 spiro atoms. The van der Waals surface area contributed by atoms with Crippen LogP contribution >= 0.6 is 0 Å². The third kappa shape index (κ3) is 3.34. The van der Waals surface area contributed by atoms with Crippen LogP contribution in [0.25, 0.3) is 6.08 Å². The monoisotopic (exact) mass is 311 g/mol. The summed E-state index contributed by atoms with van der Waals surface area (Å²) in [5.41, 5.74) is 3.20. The van der Waals surface area contributed by atoms with Crippen molar-refractivity contribution < 1.29 is 19.7 Å². The molecular weight excluding hydrogens is 294 g/mol. The number of aliphatic carboxylic acids is 1. The van der Waals surface area contributed by atoms with Crippen molar-refractivity contribution in [1.29, 1.82) is 0 Å². The number of hydrogen-bond acceptors (Lipinski definition) is 4. The Morgan fingerprint density at radius 2 is 2.30 bits per heavy atom. The van der Waals surface area contributed by atoms with Crippen molar-refractivity contribution in [3.8, 4) is 11.5 Å². The van der Waals surface area contributed by atoms with E-state index in [1.807, 2.05) is 12.1 Å². The molecule has 0 saturated carbocycles. The normalized spacial score (nSPS) is 13.6. The third-order valence-electron chi connectivity index (χ3n) is 3.85. The van der Waals surface area contributed by atoms with Gasteiger partial charge in [0.25, 0.3) is 0 Å². The molecule has 1 aliphatic rings. The van der Waals surface area contributed by atoms with Gasteiger partial charge in [-0.2, -0.15) is 0 Å². The van der Waals surface area contributed by atoms with Crippen LogP contribution in [0.1, 0.15) is 28.7 Å². The van der Waals surface area contributed by atoms with Crippen LogP contribution in [0.5, 0.6) is 11.5 Å². The highest BCUT2D eigenvalue weighted by Gasteiger charge is 2.20. The molecule has 0 fully saturated rings. The van der Waals surface area contributed by atoms with Gasteiger partial charge < -0.3 is 14.9 Å². The SMILES string of the molecule is O=C(O)/C=C/c1cc2c(c(Cc3cccnc3)c1O)CCCO2. The molecule has 0 amide bonds. The Balaban J connectivity index is 2.07. The first kappa shape index (κ1) is 15.1. The van der Waals surface area contributed by atoms with E-state index in [-0.39, 0.29) is 5.75 Å². The van der Waals surface area contributed by atoms with E-state index >= 15 is 0 Å². The molecule has 0 radical (unpaired) electrons. The molecule has 3 rings (SSSR count). The lowest BCUT2D eigenvalue weighted by Gasteiger charge is -2.22. The molecule has 5 nitrogen and oxygen atoms in total. The summed E-state index contributed by atoms with van der Waals surface area (Å²) in [6.45, 7) is 0.631. The third-order valence-corrected chi connectivity index (χ3v) is 3.85. The number of benzene rings is 1. The average molecular weight is 311 g/mol. The van der Waals surface area contributed by atoms with E-state index in [4.69, 9.17) is 9.84 Å². The summed E-state index contributed by atoms with van der Waals surface area (Å²) < 4.78 is 5.70. The number of carbonyl (C=O) groups is 1. The number of phenols is 1. The number of carboxylic acids is 1. The molecule has 1 aliphatic heterocycles. The molecule has 5 heteroatoms. The molecular formula is C18H17NO4. The number of aromatic hydroxyl groups is 1. The lowest BCUT2D eigenvalue weighted by molar-refractivity contribution is -0.131. The van der Waals surface area contributed by atoms with E-state index in [0.717, 1.165) is 41.4 Å². The Kier molecular flexibility index (Phi) is 4.28. The maximum absolute atomic E-state index is 10.7. The standard InChI is InChI=1S/C18H17NO4/c20-17(21)6-5-13-10-16-14(4-2-8-23-16)15(18(13)22)9-12-3-1-7-19-11-12/h1,3,5-7,10-11,22H,2,4,8-9H2,(H,20,21)/b6-5+. The van der Waals surface area contributed by atoms with E-state index < -0.39 is 5.97 Å². The van der Waals surface area contributed by atoms with E-state index in [9.17, 15) is 9.90 Å². The predicted octanol–water partition coefficient (Wildman–Crippen LogP) is 2.80. The number of nitrogens with zero attached hydrogens (tertiary/aromatic N) is 1.